The van der Waals surface area contributed by atoms with Gasteiger partial charge in [-0.1, -0.05) is 32.9 Å². The molecule has 0 saturated heterocycles. The van der Waals surface area contributed by atoms with Gasteiger partial charge in [0.05, 0.1) is 12.7 Å². The summed E-state index contributed by atoms with van der Waals surface area (Å²) in [6.45, 7) is 10.1. The molecule has 2 fully saturated rings. The highest BCUT2D eigenvalue weighted by Gasteiger charge is 2.56. The molecule has 0 bridgehead atoms. The molecule has 0 aliphatic heterocycles. The first-order chi connectivity index (χ1) is 12.5. The van der Waals surface area contributed by atoms with Crippen LogP contribution in [-0.4, -0.2) is 39.6 Å². The lowest BCUT2D eigenvalue weighted by atomic mass is 9.46. The molecule has 5 heteroatoms. The fourth-order valence-corrected chi connectivity index (χ4v) is 5.78. The zero-order valence-electron chi connectivity index (χ0n) is 16.4. The third-order valence-electron chi connectivity index (χ3n) is 7.53. The number of Topliss-reactive ketones (excluding diaryl/α,β-unsaturated/α-hetero) is 1. The van der Waals surface area contributed by atoms with Crippen LogP contribution in [0, 0.1) is 22.7 Å². The van der Waals surface area contributed by atoms with Crippen molar-refractivity contribution in [3.63, 3.8) is 0 Å². The van der Waals surface area contributed by atoms with Crippen molar-refractivity contribution in [1.29, 1.82) is 0 Å². The van der Waals surface area contributed by atoms with Crippen LogP contribution < -0.4 is 0 Å². The second-order valence-electron chi connectivity index (χ2n) is 9.24. The van der Waals surface area contributed by atoms with Crippen LogP contribution in [0.25, 0.3) is 0 Å². The van der Waals surface area contributed by atoms with E-state index in [1.54, 1.807) is 0 Å². The minimum atomic E-state index is -0.672. The first-order valence-corrected chi connectivity index (χ1v) is 9.72. The average Bonchev–Trinajstić information content (AvgIpc) is 2.60. The number of fused-ring (bicyclic) bond motifs is 1. The summed E-state index contributed by atoms with van der Waals surface area (Å²) in [5, 5.41) is 30.1. The standard InChI is InChI=1S/C22H30O5/c1-12-5-6-17-21(2,3)18(25)7-8-22(17,4)15(12)10-14-16(24)9-13(11-23)19(26)20(14)27/h9,15,17-18,23,25,27H,1,5-8,10-11H2,2-4H3. The molecule has 4 unspecified atom stereocenters. The number of aliphatic hydroxyl groups excluding tert-OH is 3. The third-order valence-corrected chi connectivity index (χ3v) is 7.53. The predicted molar refractivity (Wildman–Crippen MR) is 102 cm³/mol. The van der Waals surface area contributed by atoms with E-state index in [-0.39, 0.29) is 46.3 Å². The Morgan fingerprint density at radius 1 is 1.22 bits per heavy atom. The fourth-order valence-electron chi connectivity index (χ4n) is 5.78. The van der Waals surface area contributed by atoms with Gasteiger partial charge in [0.25, 0.3) is 0 Å². The zero-order chi connectivity index (χ0) is 20.1. The van der Waals surface area contributed by atoms with Crippen molar-refractivity contribution in [1.82, 2.24) is 0 Å². The van der Waals surface area contributed by atoms with E-state index >= 15 is 0 Å². The number of allylic oxidation sites excluding steroid dienone is 4. The summed E-state index contributed by atoms with van der Waals surface area (Å²) in [7, 11) is 0. The van der Waals surface area contributed by atoms with Gasteiger partial charge in [0.15, 0.2) is 11.5 Å². The summed E-state index contributed by atoms with van der Waals surface area (Å²) in [6.07, 6.45) is 4.32. The number of ketones is 2. The molecule has 0 spiro atoms. The molecule has 3 aliphatic rings. The molecule has 27 heavy (non-hydrogen) atoms. The first-order valence-electron chi connectivity index (χ1n) is 9.72. The SMILES string of the molecule is C=C1CCC2C(C)(C)C(O)CCC2(C)C1CC1=C(O)C(=O)C(CO)=CC1=O. The van der Waals surface area contributed by atoms with Crippen molar-refractivity contribution in [3.05, 3.63) is 35.1 Å². The number of hydrogen-bond donors (Lipinski definition) is 3. The van der Waals surface area contributed by atoms with E-state index in [9.17, 15) is 24.9 Å². The Morgan fingerprint density at radius 2 is 1.89 bits per heavy atom. The zero-order valence-corrected chi connectivity index (χ0v) is 16.4. The second-order valence-corrected chi connectivity index (χ2v) is 9.24. The van der Waals surface area contributed by atoms with Gasteiger partial charge in [0, 0.05) is 11.1 Å². The van der Waals surface area contributed by atoms with Crippen molar-refractivity contribution < 1.29 is 24.9 Å². The number of aliphatic hydroxyl groups is 3. The summed E-state index contributed by atoms with van der Waals surface area (Å²) in [5.41, 5.74) is 0.691. The molecule has 0 radical (unpaired) electrons. The van der Waals surface area contributed by atoms with Crippen LogP contribution in [0.2, 0.25) is 0 Å². The van der Waals surface area contributed by atoms with Gasteiger partial charge in [0.1, 0.15) is 0 Å². The van der Waals surface area contributed by atoms with E-state index in [0.29, 0.717) is 6.42 Å². The number of rotatable bonds is 3. The Hall–Kier alpha value is -1.72. The summed E-state index contributed by atoms with van der Waals surface area (Å²) in [6, 6.07) is 0. The summed E-state index contributed by atoms with van der Waals surface area (Å²) < 4.78 is 0. The van der Waals surface area contributed by atoms with Crippen LogP contribution >= 0.6 is 0 Å². The summed E-state index contributed by atoms with van der Waals surface area (Å²) in [5.74, 6) is -1.40. The smallest absolute Gasteiger partial charge is 0.226 e. The van der Waals surface area contributed by atoms with Crippen molar-refractivity contribution in [2.45, 2.75) is 59.0 Å². The van der Waals surface area contributed by atoms with Crippen molar-refractivity contribution in [3.8, 4) is 0 Å². The van der Waals surface area contributed by atoms with Gasteiger partial charge in [-0.3, -0.25) is 9.59 Å². The minimum absolute atomic E-state index is 0.0407. The number of hydrogen-bond acceptors (Lipinski definition) is 5. The molecular weight excluding hydrogens is 344 g/mol. The van der Waals surface area contributed by atoms with Gasteiger partial charge in [-0.2, -0.15) is 0 Å². The van der Waals surface area contributed by atoms with Gasteiger partial charge < -0.3 is 15.3 Å². The molecular formula is C22H30O5. The Bertz CT molecular complexity index is 757. The van der Waals surface area contributed by atoms with E-state index < -0.39 is 23.9 Å². The Morgan fingerprint density at radius 3 is 2.52 bits per heavy atom. The van der Waals surface area contributed by atoms with E-state index in [1.807, 2.05) is 0 Å². The van der Waals surface area contributed by atoms with Gasteiger partial charge >= 0.3 is 0 Å². The van der Waals surface area contributed by atoms with Crippen molar-refractivity contribution >= 4 is 11.6 Å². The van der Waals surface area contributed by atoms with Gasteiger partial charge in [0.2, 0.25) is 5.78 Å². The maximum atomic E-state index is 12.5. The Balaban J connectivity index is 1.96. The number of carbonyl (C=O) groups excluding carboxylic acids is 2. The predicted octanol–water partition coefficient (Wildman–Crippen LogP) is 3.03. The molecule has 0 heterocycles. The molecule has 2 saturated carbocycles. The lowest BCUT2D eigenvalue weighted by Crippen LogP contribution is -2.54. The molecule has 3 N–H and O–H groups in total. The molecule has 0 amide bonds. The second kappa shape index (κ2) is 6.71. The maximum absolute atomic E-state index is 12.5. The van der Waals surface area contributed by atoms with E-state index in [4.69, 9.17) is 0 Å². The Kier molecular flexibility index (Phi) is 4.98. The largest absolute Gasteiger partial charge is 0.504 e. The monoisotopic (exact) mass is 374 g/mol. The molecule has 4 atom stereocenters. The summed E-state index contributed by atoms with van der Waals surface area (Å²) in [4.78, 5) is 24.7. The molecule has 148 valence electrons. The van der Waals surface area contributed by atoms with Gasteiger partial charge in [-0.25, -0.2) is 0 Å². The quantitative estimate of drug-likeness (QED) is 0.521. The lowest BCUT2D eigenvalue weighted by molar-refractivity contribution is -0.125. The van der Waals surface area contributed by atoms with Crippen LogP contribution in [0.3, 0.4) is 0 Å². The van der Waals surface area contributed by atoms with Crippen LogP contribution in [0.4, 0.5) is 0 Å². The lowest BCUT2D eigenvalue weighted by Gasteiger charge is -2.59. The number of carbonyl (C=O) groups is 2. The van der Waals surface area contributed by atoms with Crippen molar-refractivity contribution in [2.75, 3.05) is 6.61 Å². The third kappa shape index (κ3) is 3.01. The average molecular weight is 374 g/mol. The normalized spacial score (nSPS) is 36.6. The molecule has 3 rings (SSSR count). The molecule has 3 aliphatic carbocycles. The highest BCUT2D eigenvalue weighted by molar-refractivity contribution is 6.21. The Labute approximate surface area is 160 Å². The molecule has 0 aromatic rings. The van der Waals surface area contributed by atoms with Crippen LogP contribution in [0.1, 0.15) is 52.9 Å². The first kappa shape index (κ1) is 20.0. The molecule has 0 aromatic carbocycles. The molecule has 5 nitrogen and oxygen atoms in total. The van der Waals surface area contributed by atoms with Gasteiger partial charge in [-0.15, -0.1) is 0 Å². The van der Waals surface area contributed by atoms with Crippen LogP contribution in [0.15, 0.2) is 35.1 Å². The van der Waals surface area contributed by atoms with Gasteiger partial charge in [-0.05, 0) is 60.8 Å². The van der Waals surface area contributed by atoms with Crippen LogP contribution in [-0.2, 0) is 9.59 Å². The van der Waals surface area contributed by atoms with E-state index in [0.717, 1.165) is 30.9 Å². The topological polar surface area (TPSA) is 94.8 Å². The van der Waals surface area contributed by atoms with E-state index in [2.05, 4.69) is 27.4 Å². The summed E-state index contributed by atoms with van der Waals surface area (Å²) >= 11 is 0. The highest BCUT2D eigenvalue weighted by atomic mass is 16.3. The van der Waals surface area contributed by atoms with Crippen LogP contribution in [0.5, 0.6) is 0 Å². The maximum Gasteiger partial charge on any atom is 0.226 e. The molecule has 0 aromatic heterocycles. The van der Waals surface area contributed by atoms with Crippen molar-refractivity contribution in [2.24, 2.45) is 22.7 Å². The highest BCUT2D eigenvalue weighted by Crippen LogP contribution is 2.62. The minimum Gasteiger partial charge on any atom is -0.504 e. The fraction of sp³-hybridized carbons (Fsp3) is 0.636. The van der Waals surface area contributed by atoms with E-state index in [1.165, 1.54) is 0 Å².